The molecule has 0 bridgehead atoms. The SMILES string of the molecule is O=C(NCCCCCBr)c1ccncc1F. The highest BCUT2D eigenvalue weighted by Gasteiger charge is 2.09. The number of hydrogen-bond donors (Lipinski definition) is 1. The fourth-order valence-corrected chi connectivity index (χ4v) is 1.65. The van der Waals surface area contributed by atoms with Crippen LogP contribution in [0.5, 0.6) is 0 Å². The van der Waals surface area contributed by atoms with E-state index in [9.17, 15) is 9.18 Å². The molecule has 0 saturated heterocycles. The third-order valence-electron chi connectivity index (χ3n) is 2.11. The van der Waals surface area contributed by atoms with E-state index in [1.54, 1.807) is 0 Å². The number of halogens is 2. The second kappa shape index (κ2) is 7.33. The number of carbonyl (C=O) groups is 1. The number of unbranched alkanes of at least 4 members (excludes halogenated alkanes) is 2. The molecule has 0 fully saturated rings. The van der Waals surface area contributed by atoms with Gasteiger partial charge in [-0.3, -0.25) is 9.78 Å². The second-order valence-electron chi connectivity index (χ2n) is 3.36. The van der Waals surface area contributed by atoms with Gasteiger partial charge in [-0.2, -0.15) is 0 Å². The minimum atomic E-state index is -0.583. The van der Waals surface area contributed by atoms with Crippen LogP contribution in [0, 0.1) is 5.82 Å². The van der Waals surface area contributed by atoms with Gasteiger partial charge >= 0.3 is 0 Å². The molecule has 0 radical (unpaired) electrons. The van der Waals surface area contributed by atoms with Gasteiger partial charge in [0.1, 0.15) is 0 Å². The fourth-order valence-electron chi connectivity index (χ4n) is 1.25. The molecule has 0 spiro atoms. The standard InChI is InChI=1S/C11H14BrFN2O/c12-5-2-1-3-6-15-11(16)9-4-7-14-8-10(9)13/h4,7-8H,1-3,5-6H2,(H,15,16). The van der Waals surface area contributed by atoms with Gasteiger partial charge in [-0.1, -0.05) is 22.4 Å². The molecule has 0 aromatic carbocycles. The first-order valence-corrected chi connectivity index (χ1v) is 6.31. The molecule has 0 unspecified atom stereocenters. The Bertz CT molecular complexity index is 347. The Morgan fingerprint density at radius 3 is 2.94 bits per heavy atom. The van der Waals surface area contributed by atoms with Gasteiger partial charge < -0.3 is 5.32 Å². The van der Waals surface area contributed by atoms with Gasteiger partial charge in [-0.15, -0.1) is 0 Å². The maximum Gasteiger partial charge on any atom is 0.254 e. The van der Waals surface area contributed by atoms with Crippen molar-refractivity contribution >= 4 is 21.8 Å². The van der Waals surface area contributed by atoms with Gasteiger partial charge in [-0.05, 0) is 18.9 Å². The van der Waals surface area contributed by atoms with Crippen molar-refractivity contribution in [1.82, 2.24) is 10.3 Å². The average Bonchev–Trinajstić information content (AvgIpc) is 2.29. The zero-order chi connectivity index (χ0) is 11.8. The molecule has 3 nitrogen and oxygen atoms in total. The molecule has 0 atom stereocenters. The van der Waals surface area contributed by atoms with Crippen LogP contribution in [0.3, 0.4) is 0 Å². The molecule has 0 saturated carbocycles. The molecule has 16 heavy (non-hydrogen) atoms. The van der Waals surface area contributed by atoms with Crippen molar-refractivity contribution in [3.8, 4) is 0 Å². The van der Waals surface area contributed by atoms with Crippen molar-refractivity contribution in [3.05, 3.63) is 29.8 Å². The molecule has 1 heterocycles. The summed E-state index contributed by atoms with van der Waals surface area (Å²) in [5, 5.41) is 3.65. The van der Waals surface area contributed by atoms with E-state index in [2.05, 4.69) is 26.2 Å². The van der Waals surface area contributed by atoms with E-state index >= 15 is 0 Å². The molecule has 88 valence electrons. The van der Waals surface area contributed by atoms with Crippen LogP contribution in [-0.2, 0) is 0 Å². The highest BCUT2D eigenvalue weighted by molar-refractivity contribution is 9.09. The van der Waals surface area contributed by atoms with Gasteiger partial charge in [0.25, 0.3) is 5.91 Å². The predicted octanol–water partition coefficient (Wildman–Crippen LogP) is 2.52. The summed E-state index contributed by atoms with van der Waals surface area (Å²) in [5.74, 6) is -0.959. The Kier molecular flexibility index (Phi) is 6.00. The highest BCUT2D eigenvalue weighted by atomic mass is 79.9. The number of nitrogens with zero attached hydrogens (tertiary/aromatic N) is 1. The number of aromatic nitrogens is 1. The first kappa shape index (κ1) is 13.1. The van der Waals surface area contributed by atoms with Gasteiger partial charge in [0.2, 0.25) is 0 Å². The molecule has 1 amide bonds. The zero-order valence-corrected chi connectivity index (χ0v) is 10.5. The van der Waals surface area contributed by atoms with E-state index in [1.165, 1.54) is 12.3 Å². The third-order valence-corrected chi connectivity index (χ3v) is 2.67. The third kappa shape index (κ3) is 4.26. The number of amides is 1. The van der Waals surface area contributed by atoms with Gasteiger partial charge in [0.15, 0.2) is 5.82 Å². The van der Waals surface area contributed by atoms with E-state index in [0.29, 0.717) is 6.54 Å². The Balaban J connectivity index is 2.33. The van der Waals surface area contributed by atoms with Crippen LogP contribution in [0.1, 0.15) is 29.6 Å². The van der Waals surface area contributed by atoms with Gasteiger partial charge in [0.05, 0.1) is 11.8 Å². The molecule has 0 aliphatic rings. The number of rotatable bonds is 6. The number of carbonyl (C=O) groups excluding carboxylic acids is 1. The number of nitrogens with one attached hydrogen (secondary N) is 1. The predicted molar refractivity (Wildman–Crippen MR) is 64.2 cm³/mol. The molecule has 5 heteroatoms. The highest BCUT2D eigenvalue weighted by Crippen LogP contribution is 2.04. The summed E-state index contributed by atoms with van der Waals surface area (Å²) in [7, 11) is 0. The van der Waals surface area contributed by atoms with Crippen LogP contribution in [-0.4, -0.2) is 22.8 Å². The maximum absolute atomic E-state index is 13.1. The fraction of sp³-hybridized carbons (Fsp3) is 0.455. The molecule has 0 aliphatic heterocycles. The van der Waals surface area contributed by atoms with E-state index in [4.69, 9.17) is 0 Å². The lowest BCUT2D eigenvalue weighted by molar-refractivity contribution is 0.0949. The minimum Gasteiger partial charge on any atom is -0.352 e. The first-order valence-electron chi connectivity index (χ1n) is 5.19. The lowest BCUT2D eigenvalue weighted by Crippen LogP contribution is -2.25. The number of alkyl halides is 1. The average molecular weight is 289 g/mol. The number of pyridine rings is 1. The van der Waals surface area contributed by atoms with Crippen molar-refractivity contribution in [2.24, 2.45) is 0 Å². The van der Waals surface area contributed by atoms with Gasteiger partial charge in [0, 0.05) is 18.1 Å². The van der Waals surface area contributed by atoms with Crippen LogP contribution in [0.2, 0.25) is 0 Å². The zero-order valence-electron chi connectivity index (χ0n) is 8.88. The Morgan fingerprint density at radius 2 is 2.25 bits per heavy atom. The number of hydrogen-bond acceptors (Lipinski definition) is 2. The van der Waals surface area contributed by atoms with E-state index < -0.39 is 5.82 Å². The van der Waals surface area contributed by atoms with E-state index in [-0.39, 0.29) is 11.5 Å². The summed E-state index contributed by atoms with van der Waals surface area (Å²) in [5.41, 5.74) is 0.0514. The molecule has 1 rings (SSSR count). The van der Waals surface area contributed by atoms with Crippen LogP contribution >= 0.6 is 15.9 Å². The summed E-state index contributed by atoms with van der Waals surface area (Å²) in [6.07, 6.45) is 5.48. The Hall–Kier alpha value is -0.970. The van der Waals surface area contributed by atoms with E-state index in [1.807, 2.05) is 0 Å². The quantitative estimate of drug-likeness (QED) is 0.646. The molecule has 1 N–H and O–H groups in total. The molecule has 1 aromatic rings. The first-order chi connectivity index (χ1) is 7.75. The lowest BCUT2D eigenvalue weighted by Gasteiger charge is -2.05. The smallest absolute Gasteiger partial charge is 0.254 e. The van der Waals surface area contributed by atoms with Crippen molar-refractivity contribution in [2.75, 3.05) is 11.9 Å². The maximum atomic E-state index is 13.1. The lowest BCUT2D eigenvalue weighted by atomic mass is 10.2. The monoisotopic (exact) mass is 288 g/mol. The van der Waals surface area contributed by atoms with Crippen molar-refractivity contribution in [3.63, 3.8) is 0 Å². The summed E-state index contributed by atoms with van der Waals surface area (Å²) in [4.78, 5) is 15.1. The van der Waals surface area contributed by atoms with Crippen molar-refractivity contribution in [2.45, 2.75) is 19.3 Å². The normalized spacial score (nSPS) is 10.1. The largest absolute Gasteiger partial charge is 0.352 e. The topological polar surface area (TPSA) is 42.0 Å². The molecule has 0 aliphatic carbocycles. The molecular formula is C11H14BrFN2O. The summed E-state index contributed by atoms with van der Waals surface area (Å²) < 4.78 is 13.1. The van der Waals surface area contributed by atoms with Crippen molar-refractivity contribution < 1.29 is 9.18 Å². The summed E-state index contributed by atoms with van der Waals surface area (Å²) in [6, 6.07) is 1.38. The van der Waals surface area contributed by atoms with E-state index in [0.717, 1.165) is 30.8 Å². The summed E-state index contributed by atoms with van der Waals surface area (Å²) in [6.45, 7) is 0.577. The van der Waals surface area contributed by atoms with Crippen LogP contribution in [0.25, 0.3) is 0 Å². The Labute approximate surface area is 103 Å². The van der Waals surface area contributed by atoms with Crippen molar-refractivity contribution in [1.29, 1.82) is 0 Å². The molecule has 1 aromatic heterocycles. The van der Waals surface area contributed by atoms with Gasteiger partial charge in [-0.25, -0.2) is 4.39 Å². The molecular weight excluding hydrogens is 275 g/mol. The second-order valence-corrected chi connectivity index (χ2v) is 4.15. The van der Waals surface area contributed by atoms with Crippen LogP contribution in [0.15, 0.2) is 18.5 Å². The van der Waals surface area contributed by atoms with Crippen LogP contribution < -0.4 is 5.32 Å². The Morgan fingerprint density at radius 1 is 1.44 bits per heavy atom. The summed E-state index contributed by atoms with van der Waals surface area (Å²) >= 11 is 3.33. The minimum absolute atomic E-state index is 0.0514. The van der Waals surface area contributed by atoms with Crippen LogP contribution in [0.4, 0.5) is 4.39 Å².